The minimum atomic E-state index is 0. The summed E-state index contributed by atoms with van der Waals surface area (Å²) >= 11 is 0. The first kappa shape index (κ1) is 22.4. The molecule has 0 amide bonds. The van der Waals surface area contributed by atoms with Gasteiger partial charge in [-0.1, -0.05) is 53.6 Å². The molecule has 0 atom stereocenters. The predicted molar refractivity (Wildman–Crippen MR) is 120 cm³/mol. The number of nitrogens with zero attached hydrogens (tertiary/aromatic N) is 1. The van der Waals surface area contributed by atoms with Crippen molar-refractivity contribution < 1.29 is 4.74 Å². The number of methoxy groups -OCH3 is 1. The normalized spacial score (nSPS) is 11.0. The average Bonchev–Trinajstić information content (AvgIpc) is 2.58. The van der Waals surface area contributed by atoms with E-state index in [1.54, 1.807) is 14.2 Å². The van der Waals surface area contributed by atoms with E-state index in [0.717, 1.165) is 25.5 Å². The van der Waals surface area contributed by atoms with Crippen LogP contribution in [0.15, 0.2) is 47.5 Å². The first-order valence-corrected chi connectivity index (χ1v) is 8.69. The minimum Gasteiger partial charge on any atom is -0.380 e. The average molecular weight is 467 g/mol. The Hall–Kier alpha value is -1.60. The number of ether oxygens (including phenoxy) is 1. The van der Waals surface area contributed by atoms with Crippen LogP contribution in [0.3, 0.4) is 0 Å². The van der Waals surface area contributed by atoms with E-state index in [9.17, 15) is 0 Å². The number of hydrogen-bond donors (Lipinski definition) is 2. The highest BCUT2D eigenvalue weighted by molar-refractivity contribution is 14.0. The van der Waals surface area contributed by atoms with Crippen molar-refractivity contribution in [3.63, 3.8) is 0 Å². The van der Waals surface area contributed by atoms with Crippen molar-refractivity contribution in [3.05, 3.63) is 70.3 Å². The summed E-state index contributed by atoms with van der Waals surface area (Å²) in [6.07, 6.45) is 0.979. The topological polar surface area (TPSA) is 45.7 Å². The molecule has 2 N–H and O–H groups in total. The van der Waals surface area contributed by atoms with Gasteiger partial charge < -0.3 is 15.4 Å². The second kappa shape index (κ2) is 11.9. The number of aryl methyl sites for hydroxylation is 2. The molecule has 2 rings (SSSR count). The Morgan fingerprint density at radius 3 is 2.31 bits per heavy atom. The number of aliphatic imine (C=N–C) groups is 1. The highest BCUT2D eigenvalue weighted by atomic mass is 127. The standard InChI is InChI=1S/C21H29N3O.HI/c1-16-10-17(2)12-18(11-16)8-9-23-21(22-3)24-14-19-6-5-7-20(13-19)15-25-4;/h5-7,10-13H,8-9,14-15H2,1-4H3,(H2,22,23,24);1H. The molecular formula is C21H30IN3O. The molecule has 0 aliphatic rings. The summed E-state index contributed by atoms with van der Waals surface area (Å²) in [6.45, 7) is 6.51. The molecule has 0 unspecified atom stereocenters. The van der Waals surface area contributed by atoms with E-state index < -0.39 is 0 Å². The Labute approximate surface area is 174 Å². The lowest BCUT2D eigenvalue weighted by Gasteiger charge is -2.13. The van der Waals surface area contributed by atoms with Crippen molar-refractivity contribution in [1.82, 2.24) is 10.6 Å². The van der Waals surface area contributed by atoms with Gasteiger partial charge in [0.1, 0.15) is 0 Å². The summed E-state index contributed by atoms with van der Waals surface area (Å²) in [5.41, 5.74) is 6.38. The van der Waals surface area contributed by atoms with Gasteiger partial charge in [-0.2, -0.15) is 0 Å². The number of halogens is 1. The lowest BCUT2D eigenvalue weighted by atomic mass is 10.1. The quantitative estimate of drug-likeness (QED) is 0.368. The summed E-state index contributed by atoms with van der Waals surface area (Å²) in [5, 5.41) is 6.74. The van der Waals surface area contributed by atoms with E-state index in [0.29, 0.717) is 6.61 Å². The van der Waals surface area contributed by atoms with Gasteiger partial charge in [0.25, 0.3) is 0 Å². The molecule has 0 heterocycles. The third kappa shape index (κ3) is 7.74. The summed E-state index contributed by atoms with van der Waals surface area (Å²) < 4.78 is 5.19. The highest BCUT2D eigenvalue weighted by Gasteiger charge is 2.01. The molecule has 142 valence electrons. The number of guanidine groups is 1. The molecule has 0 spiro atoms. The molecule has 0 aromatic heterocycles. The Morgan fingerprint density at radius 2 is 1.65 bits per heavy atom. The number of benzene rings is 2. The molecule has 0 aliphatic heterocycles. The Kier molecular flexibility index (Phi) is 10.3. The van der Waals surface area contributed by atoms with Gasteiger partial charge in [0.15, 0.2) is 5.96 Å². The van der Waals surface area contributed by atoms with Crippen molar-refractivity contribution in [1.29, 1.82) is 0 Å². The highest BCUT2D eigenvalue weighted by Crippen LogP contribution is 2.09. The summed E-state index contributed by atoms with van der Waals surface area (Å²) in [6, 6.07) is 15.1. The molecule has 0 fully saturated rings. The van der Waals surface area contributed by atoms with Crippen LogP contribution in [0.4, 0.5) is 0 Å². The van der Waals surface area contributed by atoms with E-state index in [4.69, 9.17) is 4.74 Å². The third-order valence-corrected chi connectivity index (χ3v) is 3.97. The molecule has 0 saturated heterocycles. The maximum Gasteiger partial charge on any atom is 0.191 e. The maximum absolute atomic E-state index is 5.19. The molecule has 26 heavy (non-hydrogen) atoms. The van der Waals surface area contributed by atoms with Crippen molar-refractivity contribution in [2.45, 2.75) is 33.4 Å². The molecule has 0 radical (unpaired) electrons. The van der Waals surface area contributed by atoms with Gasteiger partial charge in [-0.3, -0.25) is 4.99 Å². The molecule has 2 aromatic carbocycles. The fraction of sp³-hybridized carbons (Fsp3) is 0.381. The second-order valence-electron chi connectivity index (χ2n) is 6.35. The van der Waals surface area contributed by atoms with E-state index in [1.165, 1.54) is 27.8 Å². The van der Waals surface area contributed by atoms with E-state index in [2.05, 4.69) is 71.9 Å². The van der Waals surface area contributed by atoms with Crippen molar-refractivity contribution >= 4 is 29.9 Å². The molecule has 4 nitrogen and oxygen atoms in total. The number of hydrogen-bond acceptors (Lipinski definition) is 2. The van der Waals surface area contributed by atoms with Gasteiger partial charge in [0.2, 0.25) is 0 Å². The Bertz CT molecular complexity index is 696. The molecule has 5 heteroatoms. The summed E-state index contributed by atoms with van der Waals surface area (Å²) in [7, 11) is 3.51. The van der Waals surface area contributed by atoms with Crippen LogP contribution in [0.5, 0.6) is 0 Å². The molecule has 0 bridgehead atoms. The Balaban J connectivity index is 0.00000338. The monoisotopic (exact) mass is 467 g/mol. The van der Waals surface area contributed by atoms with Crippen LogP contribution in [0.1, 0.15) is 27.8 Å². The van der Waals surface area contributed by atoms with Crippen LogP contribution in [-0.4, -0.2) is 26.7 Å². The van der Waals surface area contributed by atoms with Crippen LogP contribution >= 0.6 is 24.0 Å². The second-order valence-corrected chi connectivity index (χ2v) is 6.35. The summed E-state index contributed by atoms with van der Waals surface area (Å²) in [5.74, 6) is 0.821. The van der Waals surface area contributed by atoms with Crippen molar-refractivity contribution in [3.8, 4) is 0 Å². The van der Waals surface area contributed by atoms with Gasteiger partial charge >= 0.3 is 0 Å². The zero-order valence-electron chi connectivity index (χ0n) is 16.1. The van der Waals surface area contributed by atoms with Crippen molar-refractivity contribution in [2.24, 2.45) is 4.99 Å². The lowest BCUT2D eigenvalue weighted by Crippen LogP contribution is -2.37. The molecule has 0 saturated carbocycles. The summed E-state index contributed by atoms with van der Waals surface area (Å²) in [4.78, 5) is 4.30. The van der Waals surface area contributed by atoms with Crippen LogP contribution < -0.4 is 10.6 Å². The number of nitrogens with one attached hydrogen (secondary N) is 2. The minimum absolute atomic E-state index is 0. The van der Waals surface area contributed by atoms with E-state index in [-0.39, 0.29) is 24.0 Å². The zero-order chi connectivity index (χ0) is 18.1. The predicted octanol–water partition coefficient (Wildman–Crippen LogP) is 3.98. The fourth-order valence-corrected chi connectivity index (χ4v) is 2.94. The van der Waals surface area contributed by atoms with Gasteiger partial charge in [0, 0.05) is 27.2 Å². The van der Waals surface area contributed by atoms with E-state index in [1.807, 2.05) is 0 Å². The molecule has 2 aromatic rings. The Morgan fingerprint density at radius 1 is 0.962 bits per heavy atom. The largest absolute Gasteiger partial charge is 0.380 e. The molecular weight excluding hydrogens is 437 g/mol. The lowest BCUT2D eigenvalue weighted by molar-refractivity contribution is 0.185. The van der Waals surface area contributed by atoms with Gasteiger partial charge in [-0.25, -0.2) is 0 Å². The van der Waals surface area contributed by atoms with Gasteiger partial charge in [0.05, 0.1) is 6.61 Å². The SMILES string of the molecule is CN=C(NCCc1cc(C)cc(C)c1)NCc1cccc(COC)c1.I. The van der Waals surface area contributed by atoms with Crippen LogP contribution in [0, 0.1) is 13.8 Å². The zero-order valence-corrected chi connectivity index (χ0v) is 18.5. The van der Waals surface area contributed by atoms with Crippen LogP contribution in [-0.2, 0) is 24.3 Å². The van der Waals surface area contributed by atoms with Crippen LogP contribution in [0.25, 0.3) is 0 Å². The first-order valence-electron chi connectivity index (χ1n) is 8.69. The van der Waals surface area contributed by atoms with Crippen LogP contribution in [0.2, 0.25) is 0 Å². The third-order valence-electron chi connectivity index (χ3n) is 3.97. The van der Waals surface area contributed by atoms with Gasteiger partial charge in [-0.15, -0.1) is 24.0 Å². The smallest absolute Gasteiger partial charge is 0.191 e. The number of rotatable bonds is 7. The molecule has 0 aliphatic carbocycles. The van der Waals surface area contributed by atoms with E-state index >= 15 is 0 Å². The van der Waals surface area contributed by atoms with Gasteiger partial charge in [-0.05, 0) is 37.0 Å². The maximum atomic E-state index is 5.19. The fourth-order valence-electron chi connectivity index (χ4n) is 2.94. The first-order chi connectivity index (χ1) is 12.1. The van der Waals surface area contributed by atoms with Crippen molar-refractivity contribution in [2.75, 3.05) is 20.7 Å².